The second-order valence-corrected chi connectivity index (χ2v) is 4.84. The van der Waals surface area contributed by atoms with Crippen molar-refractivity contribution in [2.75, 3.05) is 24.3 Å². The van der Waals surface area contributed by atoms with Crippen LogP contribution in [0.15, 0.2) is 16.6 Å². The minimum atomic E-state index is -0.777. The van der Waals surface area contributed by atoms with Crippen LogP contribution in [0.25, 0.3) is 0 Å². The van der Waals surface area contributed by atoms with Crippen molar-refractivity contribution in [2.45, 2.75) is 13.0 Å². The number of rotatable bonds is 7. The van der Waals surface area contributed by atoms with Gasteiger partial charge in [-0.05, 0) is 22.9 Å². The number of ether oxygens (including phenoxy) is 1. The Morgan fingerprint density at radius 2 is 2.32 bits per heavy atom. The van der Waals surface area contributed by atoms with E-state index in [1.165, 1.54) is 12.1 Å². The largest absolute Gasteiger partial charge is 0.493 e. The van der Waals surface area contributed by atoms with Gasteiger partial charge in [0.15, 0.2) is 0 Å². The van der Waals surface area contributed by atoms with E-state index in [-0.39, 0.29) is 23.8 Å². The van der Waals surface area contributed by atoms with Gasteiger partial charge in [0.25, 0.3) is 5.69 Å². The molecule has 1 unspecified atom stereocenters. The number of alkyl halides is 1. The highest BCUT2D eigenvalue weighted by Gasteiger charge is 2.18. The van der Waals surface area contributed by atoms with Gasteiger partial charge >= 0.3 is 0 Å². The lowest BCUT2D eigenvalue weighted by atomic mass is 10.2. The van der Waals surface area contributed by atoms with Crippen LogP contribution in [-0.2, 0) is 0 Å². The van der Waals surface area contributed by atoms with Gasteiger partial charge in [0.2, 0.25) is 0 Å². The summed E-state index contributed by atoms with van der Waals surface area (Å²) in [4.78, 5) is 10.5. The molecule has 1 rings (SSSR count). The van der Waals surface area contributed by atoms with Gasteiger partial charge in [-0.2, -0.15) is 0 Å². The number of aliphatic hydroxyl groups excluding tert-OH is 1. The van der Waals surface area contributed by atoms with E-state index in [1.54, 1.807) is 0 Å². The highest BCUT2D eigenvalue weighted by atomic mass is 79.9. The van der Waals surface area contributed by atoms with Crippen LogP contribution in [0.5, 0.6) is 5.75 Å². The summed E-state index contributed by atoms with van der Waals surface area (Å²) < 4.78 is 5.85. The Bertz CT molecular complexity index is 459. The first-order valence-corrected chi connectivity index (χ1v) is 6.91. The number of hydrogen-bond donors (Lipinski definition) is 2. The molecule has 0 saturated carbocycles. The number of nitro groups is 1. The molecule has 0 saturated heterocycles. The minimum Gasteiger partial charge on any atom is -0.493 e. The number of benzene rings is 1. The smallest absolute Gasteiger partial charge is 0.293 e. The van der Waals surface area contributed by atoms with E-state index in [1.807, 2.05) is 6.92 Å². The third-order valence-electron chi connectivity index (χ3n) is 2.25. The second-order valence-electron chi connectivity index (χ2n) is 3.68. The summed E-state index contributed by atoms with van der Waals surface area (Å²) in [5, 5.41) is 23.1. The molecule has 6 nitrogen and oxygen atoms in total. The molecule has 0 aliphatic heterocycles. The van der Waals surface area contributed by atoms with E-state index >= 15 is 0 Å². The highest BCUT2D eigenvalue weighted by Crippen LogP contribution is 2.36. The zero-order valence-corrected chi connectivity index (χ0v) is 12.6. The van der Waals surface area contributed by atoms with E-state index in [0.29, 0.717) is 16.8 Å². The third-order valence-corrected chi connectivity index (χ3v) is 3.23. The van der Waals surface area contributed by atoms with E-state index in [0.717, 1.165) is 0 Å². The summed E-state index contributed by atoms with van der Waals surface area (Å²) in [6.45, 7) is 2.38. The summed E-state index contributed by atoms with van der Waals surface area (Å²) >= 11 is 8.69. The van der Waals surface area contributed by atoms with Crippen LogP contribution in [0.1, 0.15) is 6.92 Å². The Hall–Kier alpha value is -1.05. The maximum absolute atomic E-state index is 11.0. The van der Waals surface area contributed by atoms with Gasteiger partial charge in [0.05, 0.1) is 28.0 Å². The zero-order chi connectivity index (χ0) is 14.4. The first-order valence-electron chi connectivity index (χ1n) is 5.58. The molecule has 1 aromatic carbocycles. The van der Waals surface area contributed by atoms with Crippen molar-refractivity contribution in [3.63, 3.8) is 0 Å². The lowest BCUT2D eigenvalue weighted by Crippen LogP contribution is -2.21. The number of nitrogens with zero attached hydrogens (tertiary/aromatic N) is 1. The second kappa shape index (κ2) is 7.52. The number of aliphatic hydroxyl groups is 1. The van der Waals surface area contributed by atoms with Gasteiger partial charge in [-0.1, -0.05) is 0 Å². The molecule has 0 bridgehead atoms. The fourth-order valence-electron chi connectivity index (χ4n) is 1.38. The summed E-state index contributed by atoms with van der Waals surface area (Å²) in [6.07, 6.45) is -0.777. The number of hydrogen-bond acceptors (Lipinski definition) is 5. The van der Waals surface area contributed by atoms with Crippen LogP contribution in [0, 0.1) is 10.1 Å². The Kier molecular flexibility index (Phi) is 6.33. The van der Waals surface area contributed by atoms with Crippen molar-refractivity contribution >= 4 is 38.9 Å². The summed E-state index contributed by atoms with van der Waals surface area (Å²) in [5.41, 5.74) is 0.179. The van der Waals surface area contributed by atoms with Gasteiger partial charge in [-0.25, -0.2) is 0 Å². The maximum Gasteiger partial charge on any atom is 0.293 e. The molecule has 0 radical (unpaired) electrons. The molecular weight excluding hydrogens is 339 g/mol. The van der Waals surface area contributed by atoms with Crippen molar-refractivity contribution in [1.82, 2.24) is 0 Å². The Morgan fingerprint density at radius 1 is 1.63 bits per heavy atom. The first-order chi connectivity index (χ1) is 8.99. The average molecular weight is 354 g/mol. The monoisotopic (exact) mass is 352 g/mol. The number of anilines is 1. The van der Waals surface area contributed by atoms with Crippen molar-refractivity contribution in [3.05, 3.63) is 26.7 Å². The molecule has 0 aliphatic rings. The number of nitro benzene ring substituents is 1. The lowest BCUT2D eigenvalue weighted by molar-refractivity contribution is -0.384. The molecule has 0 aliphatic carbocycles. The first kappa shape index (κ1) is 16.0. The minimum absolute atomic E-state index is 0.0512. The molecular formula is C11H14BrClN2O4. The zero-order valence-electron chi connectivity index (χ0n) is 10.2. The van der Waals surface area contributed by atoms with Crippen molar-refractivity contribution in [3.8, 4) is 5.75 Å². The predicted molar refractivity (Wildman–Crippen MR) is 77.2 cm³/mol. The van der Waals surface area contributed by atoms with Gasteiger partial charge in [-0.15, -0.1) is 11.6 Å². The summed E-state index contributed by atoms with van der Waals surface area (Å²) in [7, 11) is 0. The van der Waals surface area contributed by atoms with Crippen LogP contribution in [-0.4, -0.2) is 35.2 Å². The molecule has 2 N–H and O–H groups in total. The van der Waals surface area contributed by atoms with Crippen LogP contribution in [0.3, 0.4) is 0 Å². The molecule has 0 spiro atoms. The molecule has 0 heterocycles. The summed E-state index contributed by atoms with van der Waals surface area (Å²) in [5.74, 6) is 0.547. The van der Waals surface area contributed by atoms with Crippen LogP contribution < -0.4 is 10.1 Å². The molecule has 1 aromatic rings. The molecule has 0 fully saturated rings. The van der Waals surface area contributed by atoms with Crippen molar-refractivity contribution < 1.29 is 14.8 Å². The fraction of sp³-hybridized carbons (Fsp3) is 0.455. The van der Waals surface area contributed by atoms with Crippen molar-refractivity contribution in [1.29, 1.82) is 0 Å². The van der Waals surface area contributed by atoms with Gasteiger partial charge in [-0.3, -0.25) is 10.1 Å². The van der Waals surface area contributed by atoms with E-state index in [9.17, 15) is 15.2 Å². The normalized spacial score (nSPS) is 12.0. The number of nitrogens with one attached hydrogen (secondary N) is 1. The quantitative estimate of drug-likeness (QED) is 0.447. The Morgan fingerprint density at radius 3 is 2.84 bits per heavy atom. The number of halogens is 2. The van der Waals surface area contributed by atoms with Gasteiger partial charge < -0.3 is 15.2 Å². The van der Waals surface area contributed by atoms with Crippen molar-refractivity contribution in [2.24, 2.45) is 0 Å². The highest BCUT2D eigenvalue weighted by molar-refractivity contribution is 9.10. The molecule has 106 valence electrons. The Balaban J connectivity index is 3.03. The van der Waals surface area contributed by atoms with Gasteiger partial charge in [0.1, 0.15) is 11.4 Å². The van der Waals surface area contributed by atoms with E-state index in [4.69, 9.17) is 16.3 Å². The standard InChI is InChI=1S/C11H14BrClN2O4/c1-2-19-11-4-9(14-6-7(16)5-13)10(15(17)18)3-8(11)12/h3-4,7,14,16H,2,5-6H2,1H3. The van der Waals surface area contributed by atoms with Gasteiger partial charge in [0, 0.05) is 18.7 Å². The van der Waals surface area contributed by atoms with Crippen LogP contribution >= 0.6 is 27.5 Å². The molecule has 0 aromatic heterocycles. The van der Waals surface area contributed by atoms with Crippen LogP contribution in [0.2, 0.25) is 0 Å². The molecule has 1 atom stereocenters. The SMILES string of the molecule is CCOc1cc(NCC(O)CCl)c([N+](=O)[O-])cc1Br. The average Bonchev–Trinajstić information content (AvgIpc) is 2.38. The molecule has 8 heteroatoms. The summed E-state index contributed by atoms with van der Waals surface area (Å²) in [6, 6.07) is 2.88. The maximum atomic E-state index is 11.0. The van der Waals surface area contributed by atoms with E-state index < -0.39 is 11.0 Å². The Labute approximate surface area is 124 Å². The molecule has 19 heavy (non-hydrogen) atoms. The third kappa shape index (κ3) is 4.52. The fourth-order valence-corrected chi connectivity index (χ4v) is 1.94. The van der Waals surface area contributed by atoms with E-state index in [2.05, 4.69) is 21.2 Å². The lowest BCUT2D eigenvalue weighted by Gasteiger charge is -2.13. The topological polar surface area (TPSA) is 84.6 Å². The predicted octanol–water partition coefficient (Wildman–Crippen LogP) is 2.77. The van der Waals surface area contributed by atoms with Crippen LogP contribution in [0.4, 0.5) is 11.4 Å². The molecule has 0 amide bonds.